The molecule has 156 valence electrons. The van der Waals surface area contributed by atoms with E-state index >= 15 is 0 Å². The minimum absolute atomic E-state index is 0.0651. The Morgan fingerprint density at radius 2 is 1.97 bits per heavy atom. The highest BCUT2D eigenvalue weighted by Crippen LogP contribution is 2.31. The van der Waals surface area contributed by atoms with E-state index in [0.29, 0.717) is 18.8 Å². The zero-order chi connectivity index (χ0) is 21.1. The van der Waals surface area contributed by atoms with Gasteiger partial charge in [-0.1, -0.05) is 6.07 Å². The summed E-state index contributed by atoms with van der Waals surface area (Å²) in [6, 6.07) is 4.89. The van der Waals surface area contributed by atoms with E-state index in [0.717, 1.165) is 18.7 Å². The summed E-state index contributed by atoms with van der Waals surface area (Å²) in [5.41, 5.74) is 0.894. The Morgan fingerprint density at radius 1 is 1.28 bits per heavy atom. The summed E-state index contributed by atoms with van der Waals surface area (Å²) < 4.78 is 14.9. The van der Waals surface area contributed by atoms with Gasteiger partial charge in [-0.15, -0.1) is 0 Å². The molecule has 1 aliphatic heterocycles. The predicted octanol–water partition coefficient (Wildman–Crippen LogP) is 2.95. The molecule has 0 saturated carbocycles. The van der Waals surface area contributed by atoms with Crippen molar-refractivity contribution in [1.29, 1.82) is 0 Å². The summed E-state index contributed by atoms with van der Waals surface area (Å²) in [7, 11) is 2.03. The first-order valence-corrected chi connectivity index (χ1v) is 9.54. The van der Waals surface area contributed by atoms with Gasteiger partial charge in [0.25, 0.3) is 0 Å². The number of piperazine rings is 1. The number of hydrogen-bond acceptors (Lipinski definition) is 8. The third kappa shape index (κ3) is 4.77. The van der Waals surface area contributed by atoms with E-state index in [4.69, 9.17) is 0 Å². The first-order chi connectivity index (χ1) is 13.8. The molecule has 1 N–H and O–H groups in total. The molecule has 3 rings (SSSR count). The Morgan fingerprint density at radius 3 is 2.55 bits per heavy atom. The number of hydrogen-bond donors (Lipinski definition) is 1. The Labute approximate surface area is 169 Å². The standard InChI is InChI=1S/C19H26FN7O2/c1-13(2)22-18-17(27(28)29)12-21-19(23-18)26(25-9-7-24(4)8-10-25)16-6-5-14(3)11-15(16)20/h5-6,11-13H,7-10H2,1-4H3,(H,21,22,23). The number of aryl methyl sites for hydroxylation is 1. The zero-order valence-corrected chi connectivity index (χ0v) is 17.1. The summed E-state index contributed by atoms with van der Waals surface area (Å²) in [6.07, 6.45) is 1.17. The molecule has 29 heavy (non-hydrogen) atoms. The predicted molar refractivity (Wildman–Crippen MR) is 110 cm³/mol. The van der Waals surface area contributed by atoms with Gasteiger partial charge in [0.1, 0.15) is 12.0 Å². The fraction of sp³-hybridized carbons (Fsp3) is 0.474. The quantitative estimate of drug-likeness (QED) is 0.582. The lowest BCUT2D eigenvalue weighted by atomic mass is 10.2. The molecule has 0 radical (unpaired) electrons. The van der Waals surface area contributed by atoms with Gasteiger partial charge in [-0.05, 0) is 45.5 Å². The Hall–Kier alpha value is -2.85. The number of aromatic nitrogens is 2. The molecular weight excluding hydrogens is 377 g/mol. The van der Waals surface area contributed by atoms with Crippen molar-refractivity contribution in [1.82, 2.24) is 19.9 Å². The normalized spacial score (nSPS) is 15.5. The molecule has 0 amide bonds. The topological polar surface area (TPSA) is 90.7 Å². The monoisotopic (exact) mass is 403 g/mol. The van der Waals surface area contributed by atoms with Gasteiger partial charge in [-0.2, -0.15) is 4.98 Å². The van der Waals surface area contributed by atoms with Crippen LogP contribution in [0.25, 0.3) is 0 Å². The largest absolute Gasteiger partial charge is 0.362 e. The number of nitrogens with zero attached hydrogens (tertiary/aromatic N) is 6. The molecule has 10 heteroatoms. The van der Waals surface area contributed by atoms with Gasteiger partial charge in [-0.3, -0.25) is 10.1 Å². The Kier molecular flexibility index (Phi) is 6.23. The van der Waals surface area contributed by atoms with Crippen molar-refractivity contribution in [2.75, 3.05) is 43.6 Å². The van der Waals surface area contributed by atoms with E-state index in [1.165, 1.54) is 12.3 Å². The van der Waals surface area contributed by atoms with E-state index in [9.17, 15) is 14.5 Å². The molecule has 0 atom stereocenters. The van der Waals surface area contributed by atoms with Crippen LogP contribution < -0.4 is 10.3 Å². The van der Waals surface area contributed by atoms with Gasteiger partial charge < -0.3 is 10.2 Å². The highest BCUT2D eigenvalue weighted by molar-refractivity contribution is 5.63. The number of halogens is 1. The van der Waals surface area contributed by atoms with Crippen LogP contribution in [-0.4, -0.2) is 64.1 Å². The summed E-state index contributed by atoms with van der Waals surface area (Å²) in [6.45, 7) is 8.45. The first-order valence-electron chi connectivity index (χ1n) is 9.54. The molecule has 9 nitrogen and oxygen atoms in total. The number of nitrogens with one attached hydrogen (secondary N) is 1. The maximum absolute atomic E-state index is 14.9. The minimum Gasteiger partial charge on any atom is -0.362 e. The van der Waals surface area contributed by atoms with Gasteiger partial charge in [-0.25, -0.2) is 19.4 Å². The third-order valence-electron chi connectivity index (χ3n) is 4.66. The van der Waals surface area contributed by atoms with Crippen molar-refractivity contribution in [2.24, 2.45) is 0 Å². The van der Waals surface area contributed by atoms with Crippen LogP contribution in [0.1, 0.15) is 19.4 Å². The maximum atomic E-state index is 14.9. The van der Waals surface area contributed by atoms with Gasteiger partial charge in [0.15, 0.2) is 0 Å². The second-order valence-electron chi connectivity index (χ2n) is 7.48. The Balaban J connectivity index is 2.09. The molecule has 0 spiro atoms. The molecular formula is C19H26FN7O2. The Bertz CT molecular complexity index is 885. The van der Waals surface area contributed by atoms with Crippen LogP contribution in [0, 0.1) is 22.9 Å². The molecule has 0 bridgehead atoms. The van der Waals surface area contributed by atoms with Crippen LogP contribution >= 0.6 is 0 Å². The van der Waals surface area contributed by atoms with E-state index in [2.05, 4.69) is 20.2 Å². The minimum atomic E-state index is -0.527. The van der Waals surface area contributed by atoms with Crippen LogP contribution in [0.2, 0.25) is 0 Å². The van der Waals surface area contributed by atoms with Crippen molar-refractivity contribution >= 4 is 23.1 Å². The molecule has 1 aromatic heterocycles. The number of likely N-dealkylation sites (N-methyl/N-ethyl adjacent to an activating group) is 1. The summed E-state index contributed by atoms with van der Waals surface area (Å²) in [5.74, 6) is -0.100. The average molecular weight is 403 g/mol. The molecule has 2 aromatic rings. The van der Waals surface area contributed by atoms with E-state index in [1.807, 2.05) is 38.9 Å². The van der Waals surface area contributed by atoms with Crippen molar-refractivity contribution < 1.29 is 9.31 Å². The van der Waals surface area contributed by atoms with Crippen molar-refractivity contribution in [2.45, 2.75) is 26.8 Å². The molecule has 1 saturated heterocycles. The van der Waals surface area contributed by atoms with Crippen molar-refractivity contribution in [3.8, 4) is 0 Å². The van der Waals surface area contributed by atoms with Crippen LogP contribution in [0.15, 0.2) is 24.4 Å². The van der Waals surface area contributed by atoms with E-state index < -0.39 is 10.7 Å². The summed E-state index contributed by atoms with van der Waals surface area (Å²) in [5, 5.41) is 18.0. The zero-order valence-electron chi connectivity index (χ0n) is 17.1. The number of nitro groups is 1. The highest BCUT2D eigenvalue weighted by atomic mass is 19.1. The van der Waals surface area contributed by atoms with E-state index in [1.54, 1.807) is 11.1 Å². The van der Waals surface area contributed by atoms with Crippen LogP contribution in [0.4, 0.5) is 27.5 Å². The fourth-order valence-electron chi connectivity index (χ4n) is 3.15. The molecule has 1 aromatic carbocycles. The average Bonchev–Trinajstić information content (AvgIpc) is 2.64. The third-order valence-corrected chi connectivity index (χ3v) is 4.66. The first kappa shape index (κ1) is 20.9. The van der Waals surface area contributed by atoms with Gasteiger partial charge >= 0.3 is 5.69 Å². The molecule has 1 aliphatic rings. The molecule has 2 heterocycles. The lowest BCUT2D eigenvalue weighted by molar-refractivity contribution is -0.384. The van der Waals surface area contributed by atoms with Gasteiger partial charge in [0.05, 0.1) is 10.6 Å². The molecule has 0 aliphatic carbocycles. The summed E-state index contributed by atoms with van der Waals surface area (Å²) >= 11 is 0. The van der Waals surface area contributed by atoms with Crippen molar-refractivity contribution in [3.05, 3.63) is 45.9 Å². The lowest BCUT2D eigenvalue weighted by Gasteiger charge is -2.40. The fourth-order valence-corrected chi connectivity index (χ4v) is 3.15. The second-order valence-corrected chi connectivity index (χ2v) is 7.48. The number of anilines is 3. The van der Waals surface area contributed by atoms with Gasteiger partial charge in [0, 0.05) is 32.2 Å². The second kappa shape index (κ2) is 8.66. The SMILES string of the molecule is Cc1ccc(N(c2ncc([N+](=O)[O-])c(NC(C)C)n2)N2CCN(C)CC2)c(F)c1. The maximum Gasteiger partial charge on any atom is 0.329 e. The van der Waals surface area contributed by atoms with Crippen LogP contribution in [-0.2, 0) is 0 Å². The smallest absolute Gasteiger partial charge is 0.329 e. The molecule has 0 unspecified atom stereocenters. The molecule has 1 fully saturated rings. The van der Waals surface area contributed by atoms with Crippen LogP contribution in [0.3, 0.4) is 0 Å². The number of rotatable bonds is 6. The van der Waals surface area contributed by atoms with Crippen molar-refractivity contribution in [3.63, 3.8) is 0 Å². The van der Waals surface area contributed by atoms with Crippen LogP contribution in [0.5, 0.6) is 0 Å². The number of benzene rings is 1. The summed E-state index contributed by atoms with van der Waals surface area (Å²) in [4.78, 5) is 21.7. The highest BCUT2D eigenvalue weighted by Gasteiger charge is 2.28. The van der Waals surface area contributed by atoms with E-state index in [-0.39, 0.29) is 23.5 Å². The lowest BCUT2D eigenvalue weighted by Crippen LogP contribution is -2.52. The van der Waals surface area contributed by atoms with Gasteiger partial charge in [0.2, 0.25) is 11.8 Å². The number of hydrazine groups is 1.